The van der Waals surface area contributed by atoms with Gasteiger partial charge in [-0.3, -0.25) is 14.5 Å². The van der Waals surface area contributed by atoms with Gasteiger partial charge in [-0.2, -0.15) is 0 Å². The van der Waals surface area contributed by atoms with Gasteiger partial charge in [0.05, 0.1) is 31.6 Å². The van der Waals surface area contributed by atoms with Crippen molar-refractivity contribution in [1.29, 1.82) is 0 Å². The Labute approximate surface area is 211 Å². The van der Waals surface area contributed by atoms with E-state index in [1.165, 1.54) is 0 Å². The average molecular weight is 483 g/mol. The summed E-state index contributed by atoms with van der Waals surface area (Å²) in [5.74, 6) is 0.973. The number of Topliss-reactive ketones (excluding diaryl/α,β-unsaturated/α-hetero) is 1. The van der Waals surface area contributed by atoms with E-state index in [2.05, 4.69) is 19.2 Å². The minimum Gasteiger partial charge on any atom is -0.493 e. The highest BCUT2D eigenvalue weighted by Gasteiger charge is 2.43. The zero-order chi connectivity index (χ0) is 25.4. The monoisotopic (exact) mass is 482 g/mol. The standard InChI is InChI=1S/C30H30N2O4/c1-30(2)17-22-27(24(33)18-30)28(20-14-15-25(35-3)26(16-20)36-4)32(23-13-9-8-12-21(23)31-22)29(34)19-10-6-5-7-11-19/h5-16,28,31H,17-18H2,1-4H3/t28-/m0/s1. The summed E-state index contributed by atoms with van der Waals surface area (Å²) < 4.78 is 11.1. The Morgan fingerprint density at radius 3 is 2.33 bits per heavy atom. The first-order chi connectivity index (χ1) is 17.3. The van der Waals surface area contributed by atoms with Gasteiger partial charge in [0.2, 0.25) is 0 Å². The third-order valence-corrected chi connectivity index (χ3v) is 6.86. The molecule has 1 aliphatic heterocycles. The van der Waals surface area contributed by atoms with Crippen LogP contribution in [0.25, 0.3) is 0 Å². The molecule has 0 saturated heterocycles. The zero-order valence-corrected chi connectivity index (χ0v) is 21.0. The number of allylic oxidation sites excluding steroid dienone is 1. The second kappa shape index (κ2) is 9.19. The predicted molar refractivity (Wildman–Crippen MR) is 141 cm³/mol. The van der Waals surface area contributed by atoms with Gasteiger partial charge >= 0.3 is 0 Å². The largest absolute Gasteiger partial charge is 0.493 e. The predicted octanol–water partition coefficient (Wildman–Crippen LogP) is 6.16. The van der Waals surface area contributed by atoms with E-state index in [-0.39, 0.29) is 17.1 Å². The molecule has 6 heteroatoms. The fourth-order valence-electron chi connectivity index (χ4n) is 5.27. The van der Waals surface area contributed by atoms with Crippen LogP contribution in [-0.4, -0.2) is 25.9 Å². The van der Waals surface area contributed by atoms with Crippen molar-refractivity contribution in [3.63, 3.8) is 0 Å². The van der Waals surface area contributed by atoms with Gasteiger partial charge in [0.1, 0.15) is 0 Å². The van der Waals surface area contributed by atoms with Crippen LogP contribution < -0.4 is 19.7 Å². The minimum absolute atomic E-state index is 0.0344. The summed E-state index contributed by atoms with van der Waals surface area (Å²) in [7, 11) is 3.17. The molecular weight excluding hydrogens is 452 g/mol. The lowest BCUT2D eigenvalue weighted by Crippen LogP contribution is -2.39. The van der Waals surface area contributed by atoms with Gasteiger partial charge in [-0.15, -0.1) is 0 Å². The molecule has 3 aromatic rings. The van der Waals surface area contributed by atoms with Crippen LogP contribution in [-0.2, 0) is 4.79 Å². The second-order valence-corrected chi connectivity index (χ2v) is 10.0. The maximum absolute atomic E-state index is 14.2. The first kappa shape index (κ1) is 23.7. The van der Waals surface area contributed by atoms with Crippen molar-refractivity contribution in [3.8, 4) is 11.5 Å². The van der Waals surface area contributed by atoms with Crippen LogP contribution in [0.5, 0.6) is 11.5 Å². The molecule has 5 rings (SSSR count). The lowest BCUT2D eigenvalue weighted by Gasteiger charge is -2.37. The number of anilines is 2. The molecule has 0 spiro atoms. The van der Waals surface area contributed by atoms with Gasteiger partial charge in [-0.25, -0.2) is 0 Å². The molecule has 1 aliphatic carbocycles. The van der Waals surface area contributed by atoms with Gasteiger partial charge in [0.25, 0.3) is 5.91 Å². The van der Waals surface area contributed by atoms with Crippen LogP contribution in [0.1, 0.15) is 48.7 Å². The van der Waals surface area contributed by atoms with Crippen molar-refractivity contribution < 1.29 is 19.1 Å². The number of carbonyl (C=O) groups excluding carboxylic acids is 2. The molecule has 0 unspecified atom stereocenters. The number of nitrogens with zero attached hydrogens (tertiary/aromatic N) is 1. The van der Waals surface area contributed by atoms with Crippen LogP contribution in [0, 0.1) is 5.41 Å². The lowest BCUT2D eigenvalue weighted by atomic mass is 9.73. The van der Waals surface area contributed by atoms with Crippen LogP contribution in [0.3, 0.4) is 0 Å². The Bertz CT molecular complexity index is 1360. The van der Waals surface area contributed by atoms with Gasteiger partial charge in [0.15, 0.2) is 17.3 Å². The van der Waals surface area contributed by atoms with E-state index in [0.717, 1.165) is 16.9 Å². The van der Waals surface area contributed by atoms with Crippen molar-refractivity contribution in [3.05, 3.63) is 95.2 Å². The van der Waals surface area contributed by atoms with Crippen LogP contribution in [0.2, 0.25) is 0 Å². The van der Waals surface area contributed by atoms with E-state index >= 15 is 0 Å². The molecule has 2 aliphatic rings. The number of para-hydroxylation sites is 2. The quantitative estimate of drug-likeness (QED) is 0.482. The minimum atomic E-state index is -0.646. The number of nitrogens with one attached hydrogen (secondary N) is 1. The van der Waals surface area contributed by atoms with Crippen molar-refractivity contribution in [2.75, 3.05) is 24.4 Å². The molecule has 184 valence electrons. The van der Waals surface area contributed by atoms with E-state index in [0.29, 0.717) is 41.2 Å². The fraction of sp³-hybridized carbons (Fsp3) is 0.267. The maximum atomic E-state index is 14.2. The number of methoxy groups -OCH3 is 2. The Balaban J connectivity index is 1.80. The van der Waals surface area contributed by atoms with E-state index in [9.17, 15) is 9.59 Å². The van der Waals surface area contributed by atoms with E-state index in [4.69, 9.17) is 9.47 Å². The van der Waals surface area contributed by atoms with Gasteiger partial charge < -0.3 is 14.8 Å². The Morgan fingerprint density at radius 1 is 0.917 bits per heavy atom. The van der Waals surface area contributed by atoms with E-state index in [1.54, 1.807) is 31.3 Å². The third-order valence-electron chi connectivity index (χ3n) is 6.86. The molecule has 0 bridgehead atoms. The fourth-order valence-corrected chi connectivity index (χ4v) is 5.27. The van der Waals surface area contributed by atoms with Crippen molar-refractivity contribution >= 4 is 23.1 Å². The molecule has 36 heavy (non-hydrogen) atoms. The molecule has 0 fully saturated rings. The maximum Gasteiger partial charge on any atom is 0.259 e. The smallest absolute Gasteiger partial charge is 0.259 e. The normalized spacial score (nSPS) is 18.5. The number of amides is 1. The van der Waals surface area contributed by atoms with Crippen LogP contribution in [0.4, 0.5) is 11.4 Å². The molecule has 6 nitrogen and oxygen atoms in total. The number of ketones is 1. The van der Waals surface area contributed by atoms with Crippen LogP contribution >= 0.6 is 0 Å². The topological polar surface area (TPSA) is 67.9 Å². The Hall–Kier alpha value is -4.06. The Kier molecular flexibility index (Phi) is 6.04. The van der Waals surface area contributed by atoms with Crippen molar-refractivity contribution in [1.82, 2.24) is 0 Å². The van der Waals surface area contributed by atoms with Gasteiger partial charge in [-0.1, -0.05) is 50.2 Å². The first-order valence-corrected chi connectivity index (χ1v) is 12.1. The molecule has 3 aromatic carbocycles. The summed E-state index contributed by atoms with van der Waals surface area (Å²) in [6.07, 6.45) is 1.10. The molecule has 0 saturated carbocycles. The van der Waals surface area contributed by atoms with E-state index in [1.807, 2.05) is 60.7 Å². The SMILES string of the molecule is COc1ccc([C@H]2C3=C(CC(C)(C)CC3=O)Nc3ccccc3N2C(=O)c2ccccc2)cc1OC. The highest BCUT2D eigenvalue weighted by Crippen LogP contribution is 2.49. The molecule has 0 radical (unpaired) electrons. The highest BCUT2D eigenvalue weighted by molar-refractivity contribution is 6.12. The molecule has 1 N–H and O–H groups in total. The summed E-state index contributed by atoms with van der Waals surface area (Å²) >= 11 is 0. The molecular formula is C30H30N2O4. The number of carbonyl (C=O) groups is 2. The number of hydrogen-bond acceptors (Lipinski definition) is 5. The van der Waals surface area contributed by atoms with Gasteiger partial charge in [-0.05, 0) is 53.8 Å². The summed E-state index contributed by atoms with van der Waals surface area (Å²) in [6, 6.07) is 21.8. The summed E-state index contributed by atoms with van der Waals surface area (Å²) in [4.78, 5) is 29.8. The van der Waals surface area contributed by atoms with Crippen molar-refractivity contribution in [2.24, 2.45) is 5.41 Å². The number of fused-ring (bicyclic) bond motifs is 1. The number of ether oxygens (including phenoxy) is 2. The summed E-state index contributed by atoms with van der Waals surface area (Å²) in [5, 5.41) is 3.54. The number of hydrogen-bond donors (Lipinski definition) is 1. The number of rotatable bonds is 4. The Morgan fingerprint density at radius 2 is 1.61 bits per heavy atom. The molecule has 1 heterocycles. The zero-order valence-electron chi connectivity index (χ0n) is 21.0. The summed E-state index contributed by atoms with van der Waals surface area (Å²) in [5.41, 5.74) is 4.10. The highest BCUT2D eigenvalue weighted by atomic mass is 16.5. The first-order valence-electron chi connectivity index (χ1n) is 12.1. The van der Waals surface area contributed by atoms with E-state index < -0.39 is 6.04 Å². The number of benzene rings is 3. The second-order valence-electron chi connectivity index (χ2n) is 10.0. The molecule has 1 amide bonds. The summed E-state index contributed by atoms with van der Waals surface area (Å²) in [6.45, 7) is 4.21. The van der Waals surface area contributed by atoms with Gasteiger partial charge in [0, 0.05) is 23.3 Å². The van der Waals surface area contributed by atoms with Crippen molar-refractivity contribution in [2.45, 2.75) is 32.7 Å². The lowest BCUT2D eigenvalue weighted by molar-refractivity contribution is -0.118. The molecule has 0 aromatic heterocycles. The molecule has 1 atom stereocenters. The average Bonchev–Trinajstić information content (AvgIpc) is 3.02. The third kappa shape index (κ3) is 4.13. The van der Waals surface area contributed by atoms with Crippen LogP contribution in [0.15, 0.2) is 84.1 Å².